The zero-order chi connectivity index (χ0) is 9.68. The number of nitrogens with zero attached hydrogens (tertiary/aromatic N) is 3. The van der Waals surface area contributed by atoms with Crippen LogP contribution in [0.25, 0.3) is 0 Å². The van der Waals surface area contributed by atoms with E-state index in [1.807, 2.05) is 7.05 Å². The Balaban J connectivity index is 2.36. The Morgan fingerprint density at radius 2 is 2.46 bits per heavy atom. The van der Waals surface area contributed by atoms with Crippen LogP contribution >= 0.6 is 11.8 Å². The first kappa shape index (κ1) is 10.5. The van der Waals surface area contributed by atoms with Gasteiger partial charge in [0.15, 0.2) is 5.16 Å². The molecule has 5 heteroatoms. The second-order valence-electron chi connectivity index (χ2n) is 2.90. The third kappa shape index (κ3) is 3.36. The minimum atomic E-state index is 0.530. The molecule has 13 heavy (non-hydrogen) atoms. The van der Waals surface area contributed by atoms with Gasteiger partial charge in [0, 0.05) is 18.8 Å². The summed E-state index contributed by atoms with van der Waals surface area (Å²) in [5, 5.41) is 8.82. The summed E-state index contributed by atoms with van der Waals surface area (Å²) in [6.07, 6.45) is 1.59. The summed E-state index contributed by atoms with van der Waals surface area (Å²) in [5.74, 6) is 0. The number of nitrogens with one attached hydrogen (secondary N) is 1. The van der Waals surface area contributed by atoms with Gasteiger partial charge in [0.1, 0.15) is 6.33 Å². The summed E-state index contributed by atoms with van der Waals surface area (Å²) in [4.78, 5) is 4.15. The molecule has 74 valence electrons. The fraction of sp³-hybridized carbons (Fsp3) is 0.750. The first-order valence-corrected chi connectivity index (χ1v) is 5.33. The highest BCUT2D eigenvalue weighted by molar-refractivity contribution is 7.99. The van der Waals surface area contributed by atoms with Crippen molar-refractivity contribution in [1.82, 2.24) is 20.1 Å². The molecule has 0 amide bonds. The molecule has 1 N–H and O–H groups in total. The van der Waals surface area contributed by atoms with E-state index < -0.39 is 0 Å². The molecule has 0 saturated carbocycles. The Bertz CT molecular complexity index is 248. The average molecular weight is 200 g/mol. The van der Waals surface area contributed by atoms with Crippen molar-refractivity contribution in [1.29, 1.82) is 0 Å². The van der Waals surface area contributed by atoms with Crippen molar-refractivity contribution < 1.29 is 0 Å². The molecule has 1 rings (SSSR count). The van der Waals surface area contributed by atoms with Crippen molar-refractivity contribution in [2.24, 2.45) is 7.05 Å². The Labute approximate surface area is 83.1 Å². The normalized spacial score (nSPS) is 13.2. The van der Waals surface area contributed by atoms with Gasteiger partial charge in [-0.1, -0.05) is 25.6 Å². The third-order valence-corrected chi connectivity index (χ3v) is 2.81. The van der Waals surface area contributed by atoms with Gasteiger partial charge in [0.2, 0.25) is 0 Å². The van der Waals surface area contributed by atoms with Crippen LogP contribution in [0.3, 0.4) is 0 Å². The van der Waals surface area contributed by atoms with Crippen LogP contribution in [0.4, 0.5) is 0 Å². The van der Waals surface area contributed by atoms with E-state index in [2.05, 4.69) is 29.2 Å². The van der Waals surface area contributed by atoms with Crippen LogP contribution in [0.5, 0.6) is 0 Å². The van der Waals surface area contributed by atoms with Crippen molar-refractivity contribution in [2.75, 3.05) is 13.1 Å². The molecule has 1 aromatic heterocycles. The van der Waals surface area contributed by atoms with E-state index in [4.69, 9.17) is 0 Å². The molecule has 0 saturated heterocycles. The highest BCUT2D eigenvalue weighted by Crippen LogP contribution is 2.18. The number of rotatable bonds is 5. The SMILES string of the molecule is CCNCC(C)Sc1ncnn1C. The molecule has 1 heterocycles. The van der Waals surface area contributed by atoms with Crippen LogP contribution in [0, 0.1) is 0 Å². The van der Waals surface area contributed by atoms with Crippen LogP contribution < -0.4 is 5.32 Å². The van der Waals surface area contributed by atoms with Crippen molar-refractivity contribution >= 4 is 11.8 Å². The topological polar surface area (TPSA) is 42.7 Å². The van der Waals surface area contributed by atoms with E-state index in [0.717, 1.165) is 18.2 Å². The number of hydrogen-bond donors (Lipinski definition) is 1. The van der Waals surface area contributed by atoms with E-state index in [9.17, 15) is 0 Å². The minimum absolute atomic E-state index is 0.530. The Morgan fingerprint density at radius 3 is 3.00 bits per heavy atom. The Morgan fingerprint density at radius 1 is 1.69 bits per heavy atom. The lowest BCUT2D eigenvalue weighted by atomic mass is 10.5. The van der Waals surface area contributed by atoms with Gasteiger partial charge in [-0.3, -0.25) is 0 Å². The number of aromatic nitrogens is 3. The van der Waals surface area contributed by atoms with Crippen molar-refractivity contribution in [2.45, 2.75) is 24.3 Å². The van der Waals surface area contributed by atoms with Gasteiger partial charge in [0.25, 0.3) is 0 Å². The van der Waals surface area contributed by atoms with E-state index >= 15 is 0 Å². The van der Waals surface area contributed by atoms with Crippen LogP contribution in [0.15, 0.2) is 11.5 Å². The molecule has 0 aliphatic rings. The first-order chi connectivity index (χ1) is 6.24. The van der Waals surface area contributed by atoms with Gasteiger partial charge in [-0.25, -0.2) is 9.67 Å². The quantitative estimate of drug-likeness (QED) is 0.717. The molecule has 0 bridgehead atoms. The fourth-order valence-electron chi connectivity index (χ4n) is 0.962. The molecule has 0 spiro atoms. The molecular weight excluding hydrogens is 184 g/mol. The van der Waals surface area contributed by atoms with Gasteiger partial charge in [-0.2, -0.15) is 5.10 Å². The summed E-state index contributed by atoms with van der Waals surface area (Å²) in [6.45, 7) is 6.32. The van der Waals surface area contributed by atoms with Gasteiger partial charge >= 0.3 is 0 Å². The highest BCUT2D eigenvalue weighted by Gasteiger charge is 2.07. The summed E-state index contributed by atoms with van der Waals surface area (Å²) in [6, 6.07) is 0. The summed E-state index contributed by atoms with van der Waals surface area (Å²) >= 11 is 1.74. The zero-order valence-electron chi connectivity index (χ0n) is 8.32. The van der Waals surface area contributed by atoms with Crippen LogP contribution in [-0.4, -0.2) is 33.1 Å². The van der Waals surface area contributed by atoms with Gasteiger partial charge < -0.3 is 5.32 Å². The second kappa shape index (κ2) is 5.24. The van der Waals surface area contributed by atoms with Gasteiger partial charge in [0.05, 0.1) is 0 Å². The van der Waals surface area contributed by atoms with Crippen molar-refractivity contribution in [3.63, 3.8) is 0 Å². The van der Waals surface area contributed by atoms with Crippen molar-refractivity contribution in [3.05, 3.63) is 6.33 Å². The van der Waals surface area contributed by atoms with Crippen LogP contribution in [0.1, 0.15) is 13.8 Å². The number of hydrogen-bond acceptors (Lipinski definition) is 4. The number of thioether (sulfide) groups is 1. The van der Waals surface area contributed by atoms with Gasteiger partial charge in [-0.05, 0) is 6.54 Å². The van der Waals surface area contributed by atoms with E-state index in [0.29, 0.717) is 5.25 Å². The van der Waals surface area contributed by atoms with E-state index in [1.54, 1.807) is 22.8 Å². The molecular formula is C8H16N4S. The maximum atomic E-state index is 4.15. The van der Waals surface area contributed by atoms with Crippen LogP contribution in [-0.2, 0) is 7.05 Å². The average Bonchev–Trinajstić information content (AvgIpc) is 2.48. The molecule has 0 aromatic carbocycles. The minimum Gasteiger partial charge on any atom is -0.316 e. The predicted octanol–water partition coefficient (Wildman–Crippen LogP) is 0.905. The molecule has 4 nitrogen and oxygen atoms in total. The molecule has 0 aliphatic heterocycles. The molecule has 0 aliphatic carbocycles. The highest BCUT2D eigenvalue weighted by atomic mass is 32.2. The number of aryl methyl sites for hydroxylation is 1. The standard InChI is InChI=1S/C8H16N4S/c1-4-9-5-7(2)13-8-10-6-11-12(8)3/h6-7,9H,4-5H2,1-3H3. The molecule has 0 radical (unpaired) electrons. The smallest absolute Gasteiger partial charge is 0.186 e. The fourth-order valence-corrected chi connectivity index (χ4v) is 1.83. The lowest BCUT2D eigenvalue weighted by Gasteiger charge is -2.09. The molecule has 1 aromatic rings. The van der Waals surface area contributed by atoms with Crippen molar-refractivity contribution in [3.8, 4) is 0 Å². The predicted molar refractivity (Wildman–Crippen MR) is 54.9 cm³/mol. The molecule has 1 unspecified atom stereocenters. The lowest BCUT2D eigenvalue weighted by molar-refractivity contribution is 0.675. The largest absolute Gasteiger partial charge is 0.316 e. The van der Waals surface area contributed by atoms with Gasteiger partial charge in [-0.15, -0.1) is 0 Å². The molecule has 0 fully saturated rings. The Kier molecular flexibility index (Phi) is 4.24. The maximum absolute atomic E-state index is 4.15. The summed E-state index contributed by atoms with van der Waals surface area (Å²) < 4.78 is 1.80. The molecule has 1 atom stereocenters. The second-order valence-corrected chi connectivity index (χ2v) is 4.31. The lowest BCUT2D eigenvalue weighted by Crippen LogP contribution is -2.22. The van der Waals surface area contributed by atoms with E-state index in [-0.39, 0.29) is 0 Å². The summed E-state index contributed by atoms with van der Waals surface area (Å²) in [5.41, 5.74) is 0. The summed E-state index contributed by atoms with van der Waals surface area (Å²) in [7, 11) is 1.91. The van der Waals surface area contributed by atoms with E-state index in [1.165, 1.54) is 0 Å². The maximum Gasteiger partial charge on any atom is 0.186 e. The zero-order valence-corrected chi connectivity index (χ0v) is 9.14. The third-order valence-electron chi connectivity index (χ3n) is 1.66. The monoisotopic (exact) mass is 200 g/mol. The van der Waals surface area contributed by atoms with Crippen LogP contribution in [0.2, 0.25) is 0 Å². The first-order valence-electron chi connectivity index (χ1n) is 4.45. The Hall–Kier alpha value is -0.550.